The zero-order chi connectivity index (χ0) is 15.3. The highest BCUT2D eigenvalue weighted by Gasteiger charge is 2.36. The highest BCUT2D eigenvalue weighted by Crippen LogP contribution is 2.31. The molecule has 2 atom stereocenters. The molecule has 1 aromatic carbocycles. The summed E-state index contributed by atoms with van der Waals surface area (Å²) < 4.78 is 19.5. The molecule has 21 heavy (non-hydrogen) atoms. The molecule has 4 heteroatoms. The first-order valence-electron chi connectivity index (χ1n) is 7.86. The Balaban J connectivity index is 2.17. The molecular weight excluding hydrogens is 289 g/mol. The number of benzene rings is 1. The number of halogens is 2. The minimum absolute atomic E-state index is 0.150. The summed E-state index contributed by atoms with van der Waals surface area (Å²) in [5, 5.41) is 4.19. The van der Waals surface area contributed by atoms with Crippen molar-refractivity contribution in [3.05, 3.63) is 34.6 Å². The molecule has 0 aromatic heterocycles. The molecule has 0 radical (unpaired) electrons. The maximum absolute atomic E-state index is 13.5. The molecule has 0 saturated carbocycles. The lowest BCUT2D eigenvalue weighted by molar-refractivity contribution is -0.0883. The molecule has 1 heterocycles. The predicted octanol–water partition coefficient (Wildman–Crippen LogP) is 4.35. The van der Waals surface area contributed by atoms with E-state index in [4.69, 9.17) is 16.3 Å². The van der Waals surface area contributed by atoms with Crippen LogP contribution < -0.4 is 5.32 Å². The average molecular weight is 314 g/mol. The molecule has 118 valence electrons. The van der Waals surface area contributed by atoms with Gasteiger partial charge in [-0.25, -0.2) is 4.39 Å². The van der Waals surface area contributed by atoms with Crippen molar-refractivity contribution in [2.45, 2.75) is 57.6 Å². The van der Waals surface area contributed by atoms with Crippen LogP contribution in [0.3, 0.4) is 0 Å². The lowest BCUT2D eigenvalue weighted by atomic mass is 9.84. The van der Waals surface area contributed by atoms with Gasteiger partial charge in [-0.1, -0.05) is 18.5 Å². The van der Waals surface area contributed by atoms with Crippen molar-refractivity contribution in [3.63, 3.8) is 0 Å². The number of rotatable bonds is 6. The lowest BCUT2D eigenvalue weighted by Crippen LogP contribution is -2.53. The van der Waals surface area contributed by atoms with Gasteiger partial charge in [0.25, 0.3) is 0 Å². The van der Waals surface area contributed by atoms with Crippen LogP contribution in [0.1, 0.15) is 45.1 Å². The van der Waals surface area contributed by atoms with Crippen molar-refractivity contribution in [1.29, 1.82) is 0 Å². The van der Waals surface area contributed by atoms with E-state index in [1.807, 2.05) is 0 Å². The van der Waals surface area contributed by atoms with Gasteiger partial charge in [-0.05, 0) is 69.3 Å². The van der Waals surface area contributed by atoms with Gasteiger partial charge >= 0.3 is 0 Å². The van der Waals surface area contributed by atoms with E-state index in [2.05, 4.69) is 19.2 Å². The number of ether oxygens (including phenoxy) is 1. The Labute approximate surface area is 132 Å². The van der Waals surface area contributed by atoms with Crippen molar-refractivity contribution < 1.29 is 9.13 Å². The van der Waals surface area contributed by atoms with E-state index in [1.54, 1.807) is 6.07 Å². The summed E-state index contributed by atoms with van der Waals surface area (Å²) >= 11 is 6.22. The van der Waals surface area contributed by atoms with Gasteiger partial charge in [0.15, 0.2) is 0 Å². The maximum atomic E-state index is 13.5. The van der Waals surface area contributed by atoms with Gasteiger partial charge in [0, 0.05) is 17.7 Å². The van der Waals surface area contributed by atoms with Gasteiger partial charge in [-0.3, -0.25) is 0 Å². The summed E-state index contributed by atoms with van der Waals surface area (Å²) in [5.74, 6) is -0.238. The molecule has 0 aliphatic carbocycles. The zero-order valence-corrected chi connectivity index (χ0v) is 13.7. The first kappa shape index (κ1) is 16.7. The van der Waals surface area contributed by atoms with E-state index in [1.165, 1.54) is 18.6 Å². The van der Waals surface area contributed by atoms with Crippen LogP contribution in [0.4, 0.5) is 4.39 Å². The average Bonchev–Trinajstić information content (AvgIpc) is 2.47. The smallest absolute Gasteiger partial charge is 0.123 e. The second-order valence-corrected chi connectivity index (χ2v) is 6.47. The highest BCUT2D eigenvalue weighted by atomic mass is 35.5. The summed E-state index contributed by atoms with van der Waals surface area (Å²) in [6.45, 7) is 6.03. The maximum Gasteiger partial charge on any atom is 0.123 e. The SMILES string of the molecule is CCCNC(Cc1cc(F)ccc1Cl)C1(C)CCCCO1. The number of hydrogen-bond donors (Lipinski definition) is 1. The molecule has 2 rings (SSSR count). The van der Waals surface area contributed by atoms with Crippen LogP contribution in [-0.2, 0) is 11.2 Å². The molecule has 1 N–H and O–H groups in total. The van der Waals surface area contributed by atoms with Crippen molar-refractivity contribution in [2.75, 3.05) is 13.2 Å². The Morgan fingerprint density at radius 3 is 2.90 bits per heavy atom. The summed E-state index contributed by atoms with van der Waals surface area (Å²) in [5.41, 5.74) is 0.643. The Kier molecular flexibility index (Phi) is 6.03. The molecular formula is C17H25ClFNO. The molecule has 1 aliphatic rings. The highest BCUT2D eigenvalue weighted by molar-refractivity contribution is 6.31. The summed E-state index contributed by atoms with van der Waals surface area (Å²) in [7, 11) is 0. The fourth-order valence-corrected chi connectivity index (χ4v) is 3.17. The molecule has 0 bridgehead atoms. The van der Waals surface area contributed by atoms with Crippen molar-refractivity contribution in [2.24, 2.45) is 0 Å². The summed E-state index contributed by atoms with van der Waals surface area (Å²) in [6, 6.07) is 4.72. The van der Waals surface area contributed by atoms with Crippen LogP contribution in [0.5, 0.6) is 0 Å². The molecule has 0 spiro atoms. The standard InChI is InChI=1S/C17H25ClFNO/c1-3-9-20-16(17(2)8-4-5-10-21-17)12-13-11-14(19)6-7-15(13)18/h6-7,11,16,20H,3-5,8-10,12H2,1-2H3. The van der Waals surface area contributed by atoms with Gasteiger partial charge in [0.05, 0.1) is 5.60 Å². The first-order valence-corrected chi connectivity index (χ1v) is 8.24. The second-order valence-electron chi connectivity index (χ2n) is 6.06. The fourth-order valence-electron chi connectivity index (χ4n) is 2.97. The van der Waals surface area contributed by atoms with Crippen LogP contribution >= 0.6 is 11.6 Å². The third kappa shape index (κ3) is 4.41. The van der Waals surface area contributed by atoms with Gasteiger partial charge in [-0.2, -0.15) is 0 Å². The third-order valence-electron chi connectivity index (χ3n) is 4.31. The molecule has 1 aromatic rings. The van der Waals surface area contributed by atoms with Crippen molar-refractivity contribution in [3.8, 4) is 0 Å². The normalized spacial score (nSPS) is 24.0. The molecule has 1 aliphatic heterocycles. The van der Waals surface area contributed by atoms with E-state index in [-0.39, 0.29) is 17.5 Å². The van der Waals surface area contributed by atoms with E-state index in [0.717, 1.165) is 38.0 Å². The Bertz CT molecular complexity index is 460. The van der Waals surface area contributed by atoms with Gasteiger partial charge in [0.1, 0.15) is 5.82 Å². The topological polar surface area (TPSA) is 21.3 Å². The predicted molar refractivity (Wildman–Crippen MR) is 85.4 cm³/mol. The molecule has 0 amide bonds. The first-order chi connectivity index (χ1) is 10.0. The monoisotopic (exact) mass is 313 g/mol. The Morgan fingerprint density at radius 2 is 2.24 bits per heavy atom. The van der Waals surface area contributed by atoms with E-state index in [0.29, 0.717) is 11.4 Å². The van der Waals surface area contributed by atoms with E-state index >= 15 is 0 Å². The minimum atomic E-state index is -0.238. The summed E-state index contributed by atoms with van der Waals surface area (Å²) in [6.07, 6.45) is 5.08. The van der Waals surface area contributed by atoms with Crippen molar-refractivity contribution >= 4 is 11.6 Å². The van der Waals surface area contributed by atoms with Gasteiger partial charge in [0.2, 0.25) is 0 Å². The molecule has 2 unspecified atom stereocenters. The van der Waals surface area contributed by atoms with E-state index < -0.39 is 0 Å². The Hall–Kier alpha value is -0.640. The lowest BCUT2D eigenvalue weighted by Gasteiger charge is -2.41. The fraction of sp³-hybridized carbons (Fsp3) is 0.647. The number of hydrogen-bond acceptors (Lipinski definition) is 2. The molecule has 1 saturated heterocycles. The van der Waals surface area contributed by atoms with E-state index in [9.17, 15) is 4.39 Å². The quantitative estimate of drug-likeness (QED) is 0.843. The van der Waals surface area contributed by atoms with Crippen LogP contribution in [0.25, 0.3) is 0 Å². The second kappa shape index (κ2) is 7.57. The third-order valence-corrected chi connectivity index (χ3v) is 4.68. The minimum Gasteiger partial charge on any atom is -0.374 e. The van der Waals surface area contributed by atoms with Gasteiger partial charge < -0.3 is 10.1 Å². The van der Waals surface area contributed by atoms with Crippen LogP contribution in [0.15, 0.2) is 18.2 Å². The zero-order valence-electron chi connectivity index (χ0n) is 12.9. The Morgan fingerprint density at radius 1 is 1.43 bits per heavy atom. The van der Waals surface area contributed by atoms with Crippen molar-refractivity contribution in [1.82, 2.24) is 5.32 Å². The summed E-state index contributed by atoms with van der Waals surface area (Å²) in [4.78, 5) is 0. The molecule has 2 nitrogen and oxygen atoms in total. The largest absolute Gasteiger partial charge is 0.374 e. The van der Waals surface area contributed by atoms with Crippen LogP contribution in [0.2, 0.25) is 5.02 Å². The van der Waals surface area contributed by atoms with Gasteiger partial charge in [-0.15, -0.1) is 0 Å². The molecule has 1 fully saturated rings. The number of nitrogens with one attached hydrogen (secondary N) is 1. The van der Waals surface area contributed by atoms with Crippen LogP contribution in [0, 0.1) is 5.82 Å². The van der Waals surface area contributed by atoms with Crippen LogP contribution in [-0.4, -0.2) is 24.8 Å².